The van der Waals surface area contributed by atoms with Crippen molar-refractivity contribution < 1.29 is 27.6 Å². The van der Waals surface area contributed by atoms with Gasteiger partial charge in [0.1, 0.15) is 17.9 Å². The zero-order valence-corrected chi connectivity index (χ0v) is 19.0. The first kappa shape index (κ1) is 23.4. The molecule has 0 unspecified atom stereocenters. The first-order chi connectivity index (χ1) is 17.2. The highest BCUT2D eigenvalue weighted by Gasteiger charge is 2.32. The van der Waals surface area contributed by atoms with Crippen LogP contribution in [0.1, 0.15) is 38.1 Å². The van der Waals surface area contributed by atoms with Crippen LogP contribution in [0.2, 0.25) is 0 Å². The summed E-state index contributed by atoms with van der Waals surface area (Å²) >= 11 is 1.17. The van der Waals surface area contributed by atoms with Gasteiger partial charge >= 0.3 is 6.18 Å². The summed E-state index contributed by atoms with van der Waals surface area (Å²) in [6.07, 6.45) is -3.55. The third-order valence-electron chi connectivity index (χ3n) is 5.42. The van der Waals surface area contributed by atoms with Gasteiger partial charge in [-0.1, -0.05) is 24.3 Å². The Kier molecular flexibility index (Phi) is 5.88. The van der Waals surface area contributed by atoms with Gasteiger partial charge in [0.25, 0.3) is 11.8 Å². The number of nitrogens with one attached hydrogen (secondary N) is 3. The minimum atomic E-state index is -4.57. The van der Waals surface area contributed by atoms with Crippen LogP contribution in [0, 0.1) is 0 Å². The molecule has 5 rings (SSSR count). The van der Waals surface area contributed by atoms with Crippen LogP contribution < -0.4 is 16.0 Å². The lowest BCUT2D eigenvalue weighted by Crippen LogP contribution is -2.37. The molecule has 4 heterocycles. The minimum absolute atomic E-state index is 0.0371. The second-order valence-electron chi connectivity index (χ2n) is 7.81. The Morgan fingerprint density at radius 1 is 1.14 bits per heavy atom. The zero-order chi connectivity index (χ0) is 25.4. The topological polar surface area (TPSA) is 131 Å². The molecular formula is C22H16F3N7O3S. The average Bonchev–Trinajstić information content (AvgIpc) is 3.44. The number of nitrogens with zero attached hydrogens (tertiary/aromatic N) is 4. The van der Waals surface area contributed by atoms with Crippen LogP contribution in [0.15, 0.2) is 42.6 Å². The number of hydrogen-bond donors (Lipinski definition) is 3. The summed E-state index contributed by atoms with van der Waals surface area (Å²) in [4.78, 5) is 45.4. The second-order valence-corrected chi connectivity index (χ2v) is 8.61. The predicted molar refractivity (Wildman–Crippen MR) is 122 cm³/mol. The fourth-order valence-electron chi connectivity index (χ4n) is 3.67. The third kappa shape index (κ3) is 4.49. The van der Waals surface area contributed by atoms with Crippen LogP contribution in [-0.2, 0) is 30.6 Å². The number of alkyl halides is 3. The molecule has 1 aliphatic rings. The molecule has 0 aliphatic carbocycles. The van der Waals surface area contributed by atoms with Gasteiger partial charge in [-0.3, -0.25) is 19.4 Å². The van der Waals surface area contributed by atoms with Crippen molar-refractivity contribution in [1.29, 1.82) is 0 Å². The molecule has 14 heteroatoms. The molecule has 10 nitrogen and oxygen atoms in total. The molecule has 36 heavy (non-hydrogen) atoms. The van der Waals surface area contributed by atoms with Gasteiger partial charge in [0.2, 0.25) is 11.7 Å². The molecule has 0 radical (unpaired) electrons. The fraction of sp³-hybridized carbons (Fsp3) is 0.182. The molecule has 184 valence electrons. The van der Waals surface area contributed by atoms with Crippen LogP contribution in [0.25, 0.3) is 10.1 Å². The Labute approximate surface area is 204 Å². The highest BCUT2D eigenvalue weighted by molar-refractivity contribution is 7.13. The quantitative estimate of drug-likeness (QED) is 0.375. The van der Waals surface area contributed by atoms with Crippen molar-refractivity contribution in [2.24, 2.45) is 0 Å². The summed E-state index contributed by atoms with van der Waals surface area (Å²) in [6.45, 7) is -0.275. The number of pyridine rings is 1. The van der Waals surface area contributed by atoms with Crippen molar-refractivity contribution in [2.45, 2.75) is 25.8 Å². The second kappa shape index (κ2) is 9.03. The average molecular weight is 515 g/mol. The van der Waals surface area contributed by atoms with E-state index in [1.54, 1.807) is 12.1 Å². The van der Waals surface area contributed by atoms with Gasteiger partial charge in [0, 0.05) is 18.1 Å². The molecule has 3 amide bonds. The first-order valence-corrected chi connectivity index (χ1v) is 11.3. The number of amides is 3. The molecular weight excluding hydrogens is 499 g/mol. The van der Waals surface area contributed by atoms with E-state index in [9.17, 15) is 27.6 Å². The summed E-state index contributed by atoms with van der Waals surface area (Å²) in [7, 11) is 0. The molecule has 3 N–H and O–H groups in total. The molecule has 0 saturated heterocycles. The van der Waals surface area contributed by atoms with Crippen LogP contribution in [-0.4, -0.2) is 36.6 Å². The van der Waals surface area contributed by atoms with Crippen LogP contribution in [0.3, 0.4) is 0 Å². The van der Waals surface area contributed by atoms with Crippen molar-refractivity contribution in [1.82, 2.24) is 29.5 Å². The van der Waals surface area contributed by atoms with Crippen molar-refractivity contribution in [3.63, 3.8) is 0 Å². The van der Waals surface area contributed by atoms with E-state index in [0.29, 0.717) is 16.6 Å². The standard InChI is InChI=1S/C22H16F3N7O3S/c23-22(24,25)15-6-5-11(7-26-15)8-28-21(35)19-29-18(13-9-27-16(33)10-32(13)19)30-20(34)17-12-3-1-2-4-14(12)36-31-17/h1-7H,8-10H2,(H,27,33)(H,28,35)(H,30,34). The summed E-state index contributed by atoms with van der Waals surface area (Å²) < 4.78 is 44.5. The van der Waals surface area contributed by atoms with Crippen LogP contribution in [0.5, 0.6) is 0 Å². The van der Waals surface area contributed by atoms with E-state index < -0.39 is 23.7 Å². The summed E-state index contributed by atoms with van der Waals surface area (Å²) in [5, 5.41) is 8.55. The first-order valence-electron chi connectivity index (χ1n) is 10.5. The van der Waals surface area contributed by atoms with Crippen molar-refractivity contribution in [2.75, 3.05) is 5.32 Å². The van der Waals surface area contributed by atoms with Crippen LogP contribution in [0.4, 0.5) is 19.0 Å². The van der Waals surface area contributed by atoms with Crippen molar-refractivity contribution in [3.05, 3.63) is 71.1 Å². The van der Waals surface area contributed by atoms with Gasteiger partial charge in [-0.05, 0) is 29.2 Å². The third-order valence-corrected chi connectivity index (χ3v) is 6.25. The normalized spacial score (nSPS) is 13.2. The van der Waals surface area contributed by atoms with Gasteiger partial charge in [-0.2, -0.15) is 17.5 Å². The van der Waals surface area contributed by atoms with Crippen LogP contribution >= 0.6 is 11.5 Å². The number of rotatable bonds is 5. The Hall–Kier alpha value is -4.33. The number of benzene rings is 1. The number of imidazole rings is 1. The van der Waals surface area contributed by atoms with E-state index in [1.165, 1.54) is 22.2 Å². The van der Waals surface area contributed by atoms with Gasteiger partial charge in [0.05, 0.1) is 16.9 Å². The lowest BCUT2D eigenvalue weighted by atomic mass is 10.2. The largest absolute Gasteiger partial charge is 0.433 e. The number of aromatic nitrogens is 4. The molecule has 1 aliphatic heterocycles. The number of carbonyl (C=O) groups excluding carboxylic acids is 3. The van der Waals surface area contributed by atoms with Gasteiger partial charge < -0.3 is 20.5 Å². The SMILES string of the molecule is O=C1Cn2c(C(=O)NCc3ccc(C(F)(F)F)nc3)nc(NC(=O)c3nsc4ccccc34)c2CN1. The number of halogens is 3. The molecule has 0 bridgehead atoms. The number of anilines is 1. The minimum Gasteiger partial charge on any atom is -0.349 e. The zero-order valence-electron chi connectivity index (χ0n) is 18.2. The van der Waals surface area contributed by atoms with Crippen molar-refractivity contribution >= 4 is 45.2 Å². The fourth-order valence-corrected chi connectivity index (χ4v) is 4.44. The number of carbonyl (C=O) groups is 3. The maximum absolute atomic E-state index is 12.9. The van der Waals surface area contributed by atoms with Gasteiger partial charge in [-0.15, -0.1) is 0 Å². The molecule has 1 aromatic carbocycles. The van der Waals surface area contributed by atoms with E-state index in [-0.39, 0.29) is 42.9 Å². The molecule has 0 atom stereocenters. The summed E-state index contributed by atoms with van der Waals surface area (Å²) in [6, 6.07) is 9.25. The lowest BCUT2D eigenvalue weighted by molar-refractivity contribution is -0.141. The van der Waals surface area contributed by atoms with Gasteiger partial charge in [0.15, 0.2) is 5.82 Å². The molecule has 3 aromatic heterocycles. The smallest absolute Gasteiger partial charge is 0.349 e. The van der Waals surface area contributed by atoms with E-state index in [4.69, 9.17) is 0 Å². The highest BCUT2D eigenvalue weighted by Crippen LogP contribution is 2.27. The summed E-state index contributed by atoms with van der Waals surface area (Å²) in [5.41, 5.74) is -0.0792. The van der Waals surface area contributed by atoms with Gasteiger partial charge in [-0.25, -0.2) is 4.98 Å². The molecule has 4 aromatic rings. The lowest BCUT2D eigenvalue weighted by Gasteiger charge is -2.18. The Morgan fingerprint density at radius 3 is 2.69 bits per heavy atom. The van der Waals surface area contributed by atoms with E-state index in [0.717, 1.165) is 17.0 Å². The molecule has 0 saturated carbocycles. The molecule has 0 fully saturated rings. The van der Waals surface area contributed by atoms with Crippen molar-refractivity contribution in [3.8, 4) is 0 Å². The Balaban J connectivity index is 1.36. The van der Waals surface area contributed by atoms with E-state index >= 15 is 0 Å². The monoisotopic (exact) mass is 515 g/mol. The number of hydrogen-bond acceptors (Lipinski definition) is 7. The summed E-state index contributed by atoms with van der Waals surface area (Å²) in [5.74, 6) is -1.57. The Morgan fingerprint density at radius 2 is 1.94 bits per heavy atom. The predicted octanol–water partition coefficient (Wildman–Crippen LogP) is 2.72. The highest BCUT2D eigenvalue weighted by atomic mass is 32.1. The Bertz CT molecular complexity index is 1500. The number of fused-ring (bicyclic) bond motifs is 2. The van der Waals surface area contributed by atoms with E-state index in [2.05, 4.69) is 30.3 Å². The maximum Gasteiger partial charge on any atom is 0.433 e. The maximum atomic E-state index is 12.9. The molecule has 0 spiro atoms. The van der Waals surface area contributed by atoms with E-state index in [1.807, 2.05) is 12.1 Å².